The van der Waals surface area contributed by atoms with Gasteiger partial charge in [0, 0.05) is 12.6 Å². The van der Waals surface area contributed by atoms with Gasteiger partial charge in [-0.05, 0) is 37.8 Å². The van der Waals surface area contributed by atoms with E-state index in [9.17, 15) is 9.59 Å². The first-order valence-electron chi connectivity index (χ1n) is 9.92. The first-order valence-corrected chi connectivity index (χ1v) is 9.92. The predicted molar refractivity (Wildman–Crippen MR) is 107 cm³/mol. The molecule has 4 rings (SSSR count). The third-order valence-electron chi connectivity index (χ3n) is 5.61. The Labute approximate surface area is 158 Å². The molecule has 0 spiro atoms. The number of benzene rings is 1. The van der Waals surface area contributed by atoms with Crippen LogP contribution in [0.4, 0.5) is 0 Å². The summed E-state index contributed by atoms with van der Waals surface area (Å²) in [5, 5.41) is 0. The fourth-order valence-corrected chi connectivity index (χ4v) is 4.26. The number of aryl methyl sites for hydroxylation is 2. The SMILES string of the molecule is CCCn1cnc2c1c(=O)n(C1CCCCC1)c(=O)n2-c1ccccc1C. The minimum absolute atomic E-state index is 0.0246. The van der Waals surface area contributed by atoms with E-state index in [1.807, 2.05) is 35.8 Å². The van der Waals surface area contributed by atoms with Crippen molar-refractivity contribution in [2.45, 2.75) is 65.0 Å². The number of nitrogens with zero attached hydrogens (tertiary/aromatic N) is 4. The van der Waals surface area contributed by atoms with Crippen molar-refractivity contribution < 1.29 is 0 Å². The predicted octanol–water partition coefficient (Wildman–Crippen LogP) is 3.57. The summed E-state index contributed by atoms with van der Waals surface area (Å²) in [5.74, 6) is 0. The summed E-state index contributed by atoms with van der Waals surface area (Å²) < 4.78 is 5.03. The number of hydrogen-bond acceptors (Lipinski definition) is 3. The molecule has 1 saturated carbocycles. The number of hydrogen-bond donors (Lipinski definition) is 0. The summed E-state index contributed by atoms with van der Waals surface area (Å²) in [7, 11) is 0. The van der Waals surface area contributed by atoms with Crippen LogP contribution in [0.15, 0.2) is 40.2 Å². The lowest BCUT2D eigenvalue weighted by atomic mass is 9.95. The maximum absolute atomic E-state index is 13.5. The van der Waals surface area contributed by atoms with Crippen molar-refractivity contribution in [3.63, 3.8) is 0 Å². The molecule has 142 valence electrons. The second kappa shape index (κ2) is 7.18. The van der Waals surface area contributed by atoms with Crippen LogP contribution in [0.5, 0.6) is 0 Å². The van der Waals surface area contributed by atoms with Gasteiger partial charge in [0.2, 0.25) is 0 Å². The van der Waals surface area contributed by atoms with Gasteiger partial charge in [-0.3, -0.25) is 9.36 Å². The normalized spacial score (nSPS) is 15.5. The molecule has 2 aromatic heterocycles. The summed E-state index contributed by atoms with van der Waals surface area (Å²) in [6, 6.07) is 7.74. The average molecular weight is 366 g/mol. The number of fused-ring (bicyclic) bond motifs is 1. The standard InChI is InChI=1S/C21H26N4O2/c1-3-13-23-14-22-19-18(23)20(26)24(16-10-5-4-6-11-16)21(27)25(19)17-12-8-7-9-15(17)2/h7-9,12,14,16H,3-6,10-11,13H2,1-2H3. The maximum atomic E-state index is 13.5. The molecule has 2 heterocycles. The first kappa shape index (κ1) is 17.8. The molecule has 0 saturated heterocycles. The summed E-state index contributed by atoms with van der Waals surface area (Å²) >= 11 is 0. The molecule has 0 radical (unpaired) electrons. The second-order valence-electron chi connectivity index (χ2n) is 7.48. The fraction of sp³-hybridized carbons (Fsp3) is 0.476. The van der Waals surface area contributed by atoms with Crippen LogP contribution in [-0.2, 0) is 6.54 Å². The quantitative estimate of drug-likeness (QED) is 0.709. The van der Waals surface area contributed by atoms with Crippen LogP contribution in [-0.4, -0.2) is 18.7 Å². The van der Waals surface area contributed by atoms with E-state index < -0.39 is 0 Å². The highest BCUT2D eigenvalue weighted by molar-refractivity contribution is 5.72. The molecule has 0 aliphatic heterocycles. The zero-order chi connectivity index (χ0) is 19.0. The minimum Gasteiger partial charge on any atom is -0.325 e. The lowest BCUT2D eigenvalue weighted by Crippen LogP contribution is -2.43. The Morgan fingerprint density at radius 1 is 1.11 bits per heavy atom. The Bertz CT molecular complexity index is 1080. The molecule has 0 unspecified atom stereocenters. The summed E-state index contributed by atoms with van der Waals surface area (Å²) in [5.41, 5.74) is 2.30. The van der Waals surface area contributed by atoms with E-state index in [-0.39, 0.29) is 17.3 Å². The minimum atomic E-state index is -0.268. The fourth-order valence-electron chi connectivity index (χ4n) is 4.26. The number of imidazole rings is 1. The Morgan fingerprint density at radius 3 is 2.56 bits per heavy atom. The monoisotopic (exact) mass is 366 g/mol. The zero-order valence-electron chi connectivity index (χ0n) is 16.0. The van der Waals surface area contributed by atoms with E-state index in [4.69, 9.17) is 0 Å². The Hall–Kier alpha value is -2.63. The Kier molecular flexibility index (Phi) is 4.72. The summed E-state index contributed by atoms with van der Waals surface area (Å²) in [6.07, 6.45) is 7.66. The van der Waals surface area contributed by atoms with Gasteiger partial charge in [0.15, 0.2) is 11.2 Å². The largest absolute Gasteiger partial charge is 0.337 e. The molecule has 6 nitrogen and oxygen atoms in total. The molecule has 1 aliphatic rings. The third kappa shape index (κ3) is 2.93. The first-order chi connectivity index (χ1) is 13.1. The van der Waals surface area contributed by atoms with Gasteiger partial charge in [0.25, 0.3) is 5.56 Å². The molecular weight excluding hydrogens is 340 g/mol. The van der Waals surface area contributed by atoms with Gasteiger partial charge in [-0.1, -0.05) is 44.4 Å². The smallest absolute Gasteiger partial charge is 0.325 e. The average Bonchev–Trinajstić information content (AvgIpc) is 3.08. The molecule has 6 heteroatoms. The van der Waals surface area contributed by atoms with Gasteiger partial charge in [-0.2, -0.15) is 0 Å². The van der Waals surface area contributed by atoms with E-state index >= 15 is 0 Å². The molecule has 1 fully saturated rings. The molecule has 1 aliphatic carbocycles. The highest BCUT2D eigenvalue weighted by Gasteiger charge is 2.25. The van der Waals surface area contributed by atoms with E-state index in [0.717, 1.165) is 43.4 Å². The highest BCUT2D eigenvalue weighted by Crippen LogP contribution is 2.27. The van der Waals surface area contributed by atoms with Crippen LogP contribution in [0.1, 0.15) is 57.1 Å². The molecule has 3 aromatic rings. The van der Waals surface area contributed by atoms with Crippen LogP contribution < -0.4 is 11.2 Å². The number of para-hydroxylation sites is 1. The molecule has 27 heavy (non-hydrogen) atoms. The van der Waals surface area contributed by atoms with Crippen molar-refractivity contribution in [1.82, 2.24) is 18.7 Å². The lowest BCUT2D eigenvalue weighted by Gasteiger charge is -2.24. The topological polar surface area (TPSA) is 61.8 Å². The second-order valence-corrected chi connectivity index (χ2v) is 7.48. The van der Waals surface area contributed by atoms with Crippen LogP contribution in [0.25, 0.3) is 16.9 Å². The number of aromatic nitrogens is 4. The Morgan fingerprint density at radius 2 is 1.85 bits per heavy atom. The molecule has 1 aromatic carbocycles. The third-order valence-corrected chi connectivity index (χ3v) is 5.61. The summed E-state index contributed by atoms with van der Waals surface area (Å²) in [4.78, 5) is 31.3. The van der Waals surface area contributed by atoms with E-state index in [0.29, 0.717) is 17.7 Å². The van der Waals surface area contributed by atoms with Crippen LogP contribution in [0.2, 0.25) is 0 Å². The van der Waals surface area contributed by atoms with E-state index in [1.165, 1.54) is 11.0 Å². The van der Waals surface area contributed by atoms with Crippen LogP contribution >= 0.6 is 0 Å². The van der Waals surface area contributed by atoms with Crippen molar-refractivity contribution in [1.29, 1.82) is 0 Å². The van der Waals surface area contributed by atoms with E-state index in [1.54, 1.807) is 10.9 Å². The van der Waals surface area contributed by atoms with Crippen LogP contribution in [0, 0.1) is 6.92 Å². The molecule has 0 bridgehead atoms. The molecule has 0 atom stereocenters. The summed E-state index contributed by atoms with van der Waals surface area (Å²) in [6.45, 7) is 4.76. The highest BCUT2D eigenvalue weighted by atomic mass is 16.2. The number of rotatable bonds is 4. The maximum Gasteiger partial charge on any atom is 0.337 e. The molecule has 0 amide bonds. The van der Waals surface area contributed by atoms with E-state index in [2.05, 4.69) is 11.9 Å². The molecular formula is C21H26N4O2. The van der Waals surface area contributed by atoms with Crippen molar-refractivity contribution in [3.05, 3.63) is 57.0 Å². The van der Waals surface area contributed by atoms with Gasteiger partial charge in [-0.25, -0.2) is 14.3 Å². The zero-order valence-corrected chi connectivity index (χ0v) is 16.0. The van der Waals surface area contributed by atoms with Gasteiger partial charge in [0.05, 0.1) is 12.0 Å². The van der Waals surface area contributed by atoms with Gasteiger partial charge in [0.1, 0.15) is 0 Å². The van der Waals surface area contributed by atoms with Gasteiger partial charge in [-0.15, -0.1) is 0 Å². The van der Waals surface area contributed by atoms with Crippen molar-refractivity contribution in [2.75, 3.05) is 0 Å². The van der Waals surface area contributed by atoms with Crippen molar-refractivity contribution in [3.8, 4) is 5.69 Å². The van der Waals surface area contributed by atoms with Crippen molar-refractivity contribution >= 4 is 11.2 Å². The lowest BCUT2D eigenvalue weighted by molar-refractivity contribution is 0.335. The van der Waals surface area contributed by atoms with Gasteiger partial charge < -0.3 is 4.57 Å². The van der Waals surface area contributed by atoms with Crippen LogP contribution in [0.3, 0.4) is 0 Å². The van der Waals surface area contributed by atoms with Gasteiger partial charge >= 0.3 is 5.69 Å². The molecule has 0 N–H and O–H groups in total. The van der Waals surface area contributed by atoms with Crippen molar-refractivity contribution in [2.24, 2.45) is 0 Å². The Balaban J connectivity index is 2.09.